The second-order valence-corrected chi connectivity index (χ2v) is 5.63. The number of rotatable bonds is 7. The third-order valence-electron chi connectivity index (χ3n) is 3.71. The van der Waals surface area contributed by atoms with Gasteiger partial charge in [-0.15, -0.1) is 0 Å². The number of ether oxygens (including phenoxy) is 1. The largest absolute Gasteiger partial charge is 0.457 e. The fourth-order valence-corrected chi connectivity index (χ4v) is 2.33. The molecule has 3 rings (SSSR count). The SMILES string of the molecule is CCCc1ccc(Oc2ccncc2CNC2CC2)cc1. The minimum Gasteiger partial charge on any atom is -0.457 e. The number of benzene rings is 1. The van der Waals surface area contributed by atoms with Gasteiger partial charge < -0.3 is 10.1 Å². The zero-order valence-corrected chi connectivity index (χ0v) is 12.5. The second-order valence-electron chi connectivity index (χ2n) is 5.63. The molecule has 1 saturated carbocycles. The van der Waals surface area contributed by atoms with Crippen molar-refractivity contribution in [2.75, 3.05) is 0 Å². The van der Waals surface area contributed by atoms with Gasteiger partial charge in [0.1, 0.15) is 11.5 Å². The van der Waals surface area contributed by atoms with Crippen molar-refractivity contribution in [3.05, 3.63) is 53.9 Å². The van der Waals surface area contributed by atoms with Gasteiger partial charge >= 0.3 is 0 Å². The highest BCUT2D eigenvalue weighted by Crippen LogP contribution is 2.26. The van der Waals surface area contributed by atoms with E-state index in [9.17, 15) is 0 Å². The quantitative estimate of drug-likeness (QED) is 0.831. The van der Waals surface area contributed by atoms with E-state index >= 15 is 0 Å². The third-order valence-corrected chi connectivity index (χ3v) is 3.71. The van der Waals surface area contributed by atoms with E-state index in [0.29, 0.717) is 6.04 Å². The van der Waals surface area contributed by atoms with Gasteiger partial charge in [0, 0.05) is 30.5 Å². The summed E-state index contributed by atoms with van der Waals surface area (Å²) in [6, 6.07) is 11.0. The highest BCUT2D eigenvalue weighted by atomic mass is 16.5. The average Bonchev–Trinajstić information content (AvgIpc) is 3.33. The third kappa shape index (κ3) is 4.05. The molecule has 2 aromatic rings. The monoisotopic (exact) mass is 282 g/mol. The minimum atomic E-state index is 0.686. The lowest BCUT2D eigenvalue weighted by Crippen LogP contribution is -2.15. The number of hydrogen-bond acceptors (Lipinski definition) is 3. The number of pyridine rings is 1. The van der Waals surface area contributed by atoms with E-state index in [-0.39, 0.29) is 0 Å². The predicted molar refractivity (Wildman–Crippen MR) is 84.6 cm³/mol. The van der Waals surface area contributed by atoms with E-state index in [2.05, 4.69) is 29.4 Å². The molecule has 110 valence electrons. The molecule has 0 unspecified atom stereocenters. The molecule has 0 bridgehead atoms. The summed E-state index contributed by atoms with van der Waals surface area (Å²) < 4.78 is 6.02. The van der Waals surface area contributed by atoms with Crippen LogP contribution in [0.2, 0.25) is 0 Å². The molecular formula is C18H22N2O. The van der Waals surface area contributed by atoms with Crippen molar-refractivity contribution in [3.8, 4) is 11.5 Å². The maximum absolute atomic E-state index is 6.02. The Morgan fingerprint density at radius 1 is 1.19 bits per heavy atom. The van der Waals surface area contributed by atoms with Gasteiger partial charge in [-0.25, -0.2) is 0 Å². The Bertz CT molecular complexity index is 576. The number of hydrogen-bond donors (Lipinski definition) is 1. The molecule has 3 heteroatoms. The Morgan fingerprint density at radius 2 is 2.00 bits per heavy atom. The zero-order valence-electron chi connectivity index (χ0n) is 12.5. The van der Waals surface area contributed by atoms with Crippen molar-refractivity contribution in [1.29, 1.82) is 0 Å². The van der Waals surface area contributed by atoms with Crippen LogP contribution in [0.25, 0.3) is 0 Å². The molecule has 0 amide bonds. The molecule has 1 aliphatic carbocycles. The summed E-state index contributed by atoms with van der Waals surface area (Å²) in [6.07, 6.45) is 8.52. The van der Waals surface area contributed by atoms with Crippen molar-refractivity contribution < 1.29 is 4.74 Å². The van der Waals surface area contributed by atoms with E-state index in [1.165, 1.54) is 24.8 Å². The fraction of sp³-hybridized carbons (Fsp3) is 0.389. The normalized spacial score (nSPS) is 14.1. The first-order valence-corrected chi connectivity index (χ1v) is 7.78. The van der Waals surface area contributed by atoms with E-state index in [4.69, 9.17) is 4.74 Å². The standard InChI is InChI=1S/C18H22N2O/c1-2-3-14-4-8-17(9-5-14)21-18-10-11-19-12-15(18)13-20-16-6-7-16/h4-5,8-12,16,20H,2-3,6-7,13H2,1H3. The molecule has 1 N–H and O–H groups in total. The van der Waals surface area contributed by atoms with Gasteiger partial charge in [-0.3, -0.25) is 4.98 Å². The lowest BCUT2D eigenvalue weighted by molar-refractivity contribution is 0.471. The highest BCUT2D eigenvalue weighted by Gasteiger charge is 2.20. The molecule has 3 nitrogen and oxygen atoms in total. The lowest BCUT2D eigenvalue weighted by Gasteiger charge is -2.11. The van der Waals surface area contributed by atoms with Crippen LogP contribution in [0, 0.1) is 0 Å². The smallest absolute Gasteiger partial charge is 0.134 e. The van der Waals surface area contributed by atoms with Crippen LogP contribution in [0.5, 0.6) is 11.5 Å². The molecule has 0 aliphatic heterocycles. The average molecular weight is 282 g/mol. The fourth-order valence-electron chi connectivity index (χ4n) is 2.33. The van der Waals surface area contributed by atoms with E-state index in [0.717, 1.165) is 30.0 Å². The Labute approximate surface area is 126 Å². The Balaban J connectivity index is 1.68. The summed E-state index contributed by atoms with van der Waals surface area (Å²) in [5.41, 5.74) is 2.47. The Hall–Kier alpha value is -1.87. The molecule has 0 spiro atoms. The van der Waals surface area contributed by atoms with E-state index in [1.54, 1.807) is 6.20 Å². The molecule has 0 radical (unpaired) electrons. The summed E-state index contributed by atoms with van der Waals surface area (Å²) in [6.45, 7) is 3.02. The van der Waals surface area contributed by atoms with Crippen LogP contribution in [0.4, 0.5) is 0 Å². The summed E-state index contributed by atoms with van der Waals surface area (Å²) in [4.78, 5) is 4.20. The number of aromatic nitrogens is 1. The molecule has 1 aromatic heterocycles. The van der Waals surface area contributed by atoms with Gasteiger partial charge in [0.05, 0.1) is 0 Å². The maximum atomic E-state index is 6.02. The molecule has 1 aliphatic rings. The van der Waals surface area contributed by atoms with Crippen molar-refractivity contribution in [2.24, 2.45) is 0 Å². The van der Waals surface area contributed by atoms with Crippen molar-refractivity contribution in [3.63, 3.8) is 0 Å². The van der Waals surface area contributed by atoms with Gasteiger partial charge in [0.25, 0.3) is 0 Å². The molecule has 0 saturated heterocycles. The molecule has 0 atom stereocenters. The van der Waals surface area contributed by atoms with Crippen LogP contribution in [0.15, 0.2) is 42.7 Å². The van der Waals surface area contributed by atoms with Gasteiger partial charge in [0.2, 0.25) is 0 Å². The van der Waals surface area contributed by atoms with Gasteiger partial charge in [-0.1, -0.05) is 25.5 Å². The van der Waals surface area contributed by atoms with Crippen LogP contribution in [-0.2, 0) is 13.0 Å². The van der Waals surface area contributed by atoms with Crippen molar-refractivity contribution in [2.45, 2.75) is 45.2 Å². The van der Waals surface area contributed by atoms with Crippen LogP contribution in [0.3, 0.4) is 0 Å². The summed E-state index contributed by atoms with van der Waals surface area (Å²) >= 11 is 0. The van der Waals surface area contributed by atoms with Crippen LogP contribution in [-0.4, -0.2) is 11.0 Å². The van der Waals surface area contributed by atoms with Gasteiger partial charge in [0.15, 0.2) is 0 Å². The molecular weight excluding hydrogens is 260 g/mol. The second kappa shape index (κ2) is 6.72. The molecule has 21 heavy (non-hydrogen) atoms. The lowest BCUT2D eigenvalue weighted by atomic mass is 10.1. The van der Waals surface area contributed by atoms with Crippen molar-refractivity contribution >= 4 is 0 Å². The minimum absolute atomic E-state index is 0.686. The topological polar surface area (TPSA) is 34.1 Å². The van der Waals surface area contributed by atoms with E-state index in [1.807, 2.05) is 24.4 Å². The Morgan fingerprint density at radius 3 is 2.71 bits per heavy atom. The first kappa shape index (κ1) is 14.1. The summed E-state index contributed by atoms with van der Waals surface area (Å²) in [5.74, 6) is 1.77. The van der Waals surface area contributed by atoms with E-state index < -0.39 is 0 Å². The zero-order chi connectivity index (χ0) is 14.5. The summed E-state index contributed by atoms with van der Waals surface area (Å²) in [7, 11) is 0. The van der Waals surface area contributed by atoms with Crippen molar-refractivity contribution in [1.82, 2.24) is 10.3 Å². The summed E-state index contributed by atoms with van der Waals surface area (Å²) in [5, 5.41) is 3.50. The highest BCUT2D eigenvalue weighted by molar-refractivity contribution is 5.37. The first-order valence-electron chi connectivity index (χ1n) is 7.78. The predicted octanol–water partition coefficient (Wildman–Crippen LogP) is 4.08. The van der Waals surface area contributed by atoms with Gasteiger partial charge in [-0.05, 0) is 43.0 Å². The van der Waals surface area contributed by atoms with Crippen LogP contribution < -0.4 is 10.1 Å². The number of nitrogens with zero attached hydrogens (tertiary/aromatic N) is 1. The molecule has 1 aromatic carbocycles. The maximum Gasteiger partial charge on any atom is 0.134 e. The van der Waals surface area contributed by atoms with Crippen LogP contribution >= 0.6 is 0 Å². The number of aryl methyl sites for hydroxylation is 1. The molecule has 1 fully saturated rings. The van der Waals surface area contributed by atoms with Gasteiger partial charge in [-0.2, -0.15) is 0 Å². The number of nitrogens with one attached hydrogen (secondary N) is 1. The Kier molecular flexibility index (Phi) is 4.51. The first-order chi connectivity index (χ1) is 10.3. The molecule has 1 heterocycles. The van der Waals surface area contributed by atoms with Crippen LogP contribution in [0.1, 0.15) is 37.3 Å².